The van der Waals surface area contributed by atoms with Crippen LogP contribution in [0.15, 0.2) is 29.9 Å². The maximum atomic E-state index is 12.5. The molecule has 0 aliphatic carbocycles. The number of rotatable bonds is 5. The molecule has 0 fully saturated rings. The summed E-state index contributed by atoms with van der Waals surface area (Å²) < 4.78 is 5.30. The molecule has 8 heteroatoms. The Morgan fingerprint density at radius 3 is 2.92 bits per heavy atom. The number of carbonyl (C=O) groups is 2. The summed E-state index contributed by atoms with van der Waals surface area (Å²) in [6.45, 7) is 2.84. The standard InChI is InChI=1S/C17H20N4O3S/c1-12(16(23)21-8-4-14-13(10-21)5-9-25-14)24-15(22)11-20(2)17-18-6-3-7-19-17/h3,5-7,9,12H,4,8,10-11H2,1-2H3. The highest BCUT2D eigenvalue weighted by Crippen LogP contribution is 2.24. The molecule has 132 valence electrons. The fourth-order valence-electron chi connectivity index (χ4n) is 2.73. The lowest BCUT2D eigenvalue weighted by molar-refractivity contribution is -0.158. The van der Waals surface area contributed by atoms with Crippen molar-refractivity contribution in [3.63, 3.8) is 0 Å². The maximum Gasteiger partial charge on any atom is 0.326 e. The molecule has 2 aromatic heterocycles. The minimum atomic E-state index is -0.808. The zero-order valence-corrected chi connectivity index (χ0v) is 15.0. The van der Waals surface area contributed by atoms with Gasteiger partial charge >= 0.3 is 5.97 Å². The van der Waals surface area contributed by atoms with Gasteiger partial charge in [-0.3, -0.25) is 9.59 Å². The number of thiophene rings is 1. The lowest BCUT2D eigenvalue weighted by atomic mass is 10.1. The van der Waals surface area contributed by atoms with Crippen molar-refractivity contribution in [1.82, 2.24) is 14.9 Å². The molecule has 1 aliphatic heterocycles. The zero-order chi connectivity index (χ0) is 17.8. The van der Waals surface area contributed by atoms with Crippen LogP contribution in [-0.4, -0.2) is 53.0 Å². The molecular weight excluding hydrogens is 340 g/mol. The summed E-state index contributed by atoms with van der Waals surface area (Å²) in [6, 6.07) is 3.75. The van der Waals surface area contributed by atoms with Crippen molar-refractivity contribution in [2.75, 3.05) is 25.0 Å². The molecule has 3 heterocycles. The molecule has 0 saturated carbocycles. The monoisotopic (exact) mass is 360 g/mol. The molecule has 0 spiro atoms. The fourth-order valence-corrected chi connectivity index (χ4v) is 3.62. The van der Waals surface area contributed by atoms with Gasteiger partial charge in [0.25, 0.3) is 5.91 Å². The van der Waals surface area contributed by atoms with E-state index in [-0.39, 0.29) is 12.5 Å². The number of esters is 1. The molecule has 1 atom stereocenters. The number of amides is 1. The Kier molecular flexibility index (Phi) is 5.28. The molecule has 0 radical (unpaired) electrons. The number of anilines is 1. The Bertz CT molecular complexity index is 749. The normalized spacial score (nSPS) is 14.6. The van der Waals surface area contributed by atoms with Gasteiger partial charge in [0.1, 0.15) is 6.54 Å². The van der Waals surface area contributed by atoms with Crippen LogP contribution < -0.4 is 4.90 Å². The molecule has 1 aliphatic rings. The van der Waals surface area contributed by atoms with Crippen molar-refractivity contribution in [1.29, 1.82) is 0 Å². The highest BCUT2D eigenvalue weighted by atomic mass is 32.1. The summed E-state index contributed by atoms with van der Waals surface area (Å²) in [5, 5.41) is 2.05. The molecule has 0 aromatic carbocycles. The molecule has 1 amide bonds. The second-order valence-corrected chi connectivity index (χ2v) is 6.92. The number of carbonyl (C=O) groups excluding carboxylic acids is 2. The van der Waals surface area contributed by atoms with E-state index in [2.05, 4.69) is 9.97 Å². The van der Waals surface area contributed by atoms with Crippen LogP contribution in [0.4, 0.5) is 5.95 Å². The maximum absolute atomic E-state index is 12.5. The van der Waals surface area contributed by atoms with E-state index in [4.69, 9.17) is 4.74 Å². The van der Waals surface area contributed by atoms with Gasteiger partial charge in [0.15, 0.2) is 6.10 Å². The lowest BCUT2D eigenvalue weighted by Crippen LogP contribution is -2.43. The van der Waals surface area contributed by atoms with Crippen LogP contribution in [0, 0.1) is 0 Å². The Hall–Kier alpha value is -2.48. The van der Waals surface area contributed by atoms with E-state index >= 15 is 0 Å². The van der Waals surface area contributed by atoms with Gasteiger partial charge in [0.2, 0.25) is 5.95 Å². The van der Waals surface area contributed by atoms with Gasteiger partial charge in [-0.2, -0.15) is 0 Å². The van der Waals surface area contributed by atoms with Crippen molar-refractivity contribution >= 4 is 29.2 Å². The lowest BCUT2D eigenvalue weighted by Gasteiger charge is -2.29. The van der Waals surface area contributed by atoms with Gasteiger partial charge in [-0.15, -0.1) is 11.3 Å². The van der Waals surface area contributed by atoms with Crippen molar-refractivity contribution in [3.8, 4) is 0 Å². The molecule has 25 heavy (non-hydrogen) atoms. The quantitative estimate of drug-likeness (QED) is 0.752. The van der Waals surface area contributed by atoms with Gasteiger partial charge < -0.3 is 14.5 Å². The van der Waals surface area contributed by atoms with Gasteiger partial charge in [-0.25, -0.2) is 9.97 Å². The Morgan fingerprint density at radius 2 is 2.16 bits per heavy atom. The third-order valence-corrected chi connectivity index (χ3v) is 5.06. The Labute approximate surface area is 150 Å². The van der Waals surface area contributed by atoms with Gasteiger partial charge in [0, 0.05) is 37.4 Å². The number of fused-ring (bicyclic) bond motifs is 1. The molecule has 0 saturated heterocycles. The minimum absolute atomic E-state index is 0.0175. The van der Waals surface area contributed by atoms with Crippen molar-refractivity contribution in [3.05, 3.63) is 40.3 Å². The fraction of sp³-hybridized carbons (Fsp3) is 0.412. The highest BCUT2D eigenvalue weighted by Gasteiger charge is 2.27. The summed E-state index contributed by atoms with van der Waals surface area (Å²) in [6.07, 6.45) is 3.25. The van der Waals surface area contributed by atoms with E-state index in [0.717, 1.165) is 6.42 Å². The number of nitrogens with zero attached hydrogens (tertiary/aromatic N) is 4. The average Bonchev–Trinajstić information content (AvgIpc) is 3.09. The topological polar surface area (TPSA) is 75.6 Å². The van der Waals surface area contributed by atoms with E-state index in [0.29, 0.717) is 19.0 Å². The van der Waals surface area contributed by atoms with E-state index in [9.17, 15) is 9.59 Å². The largest absolute Gasteiger partial charge is 0.451 e. The second kappa shape index (κ2) is 7.60. The molecule has 7 nitrogen and oxygen atoms in total. The van der Waals surface area contributed by atoms with Crippen LogP contribution in [0.5, 0.6) is 0 Å². The van der Waals surface area contributed by atoms with Gasteiger partial charge in [-0.1, -0.05) is 0 Å². The van der Waals surface area contributed by atoms with E-state index < -0.39 is 12.1 Å². The third-order valence-electron chi connectivity index (χ3n) is 4.04. The second-order valence-electron chi connectivity index (χ2n) is 5.92. The van der Waals surface area contributed by atoms with E-state index in [1.807, 2.05) is 11.4 Å². The summed E-state index contributed by atoms with van der Waals surface area (Å²) in [4.78, 5) is 37.4. The molecule has 3 rings (SSSR count). The summed E-state index contributed by atoms with van der Waals surface area (Å²) in [5.41, 5.74) is 1.18. The third kappa shape index (κ3) is 4.14. The van der Waals surface area contributed by atoms with Crippen LogP contribution >= 0.6 is 11.3 Å². The Morgan fingerprint density at radius 1 is 1.40 bits per heavy atom. The minimum Gasteiger partial charge on any atom is -0.451 e. The highest BCUT2D eigenvalue weighted by molar-refractivity contribution is 7.10. The summed E-state index contributed by atoms with van der Waals surface area (Å²) >= 11 is 1.72. The smallest absolute Gasteiger partial charge is 0.326 e. The first-order chi connectivity index (χ1) is 12.0. The van der Waals surface area contributed by atoms with Crippen LogP contribution in [0.1, 0.15) is 17.4 Å². The first-order valence-corrected chi connectivity index (χ1v) is 8.94. The van der Waals surface area contributed by atoms with Crippen LogP contribution in [0.2, 0.25) is 0 Å². The number of likely N-dealkylation sites (N-methyl/N-ethyl adjacent to an activating group) is 1. The van der Waals surface area contributed by atoms with Crippen LogP contribution in [0.3, 0.4) is 0 Å². The van der Waals surface area contributed by atoms with E-state index in [1.54, 1.807) is 53.6 Å². The van der Waals surface area contributed by atoms with Crippen LogP contribution in [-0.2, 0) is 27.3 Å². The Balaban J connectivity index is 1.52. The first-order valence-electron chi connectivity index (χ1n) is 8.06. The molecule has 0 N–H and O–H groups in total. The predicted octanol–water partition coefficient (Wildman–Crippen LogP) is 1.49. The summed E-state index contributed by atoms with van der Waals surface area (Å²) in [5.74, 6) is -0.215. The number of hydrogen-bond donors (Lipinski definition) is 0. The van der Waals surface area contributed by atoms with Crippen molar-refractivity contribution < 1.29 is 14.3 Å². The van der Waals surface area contributed by atoms with Crippen molar-refractivity contribution in [2.24, 2.45) is 0 Å². The average molecular weight is 360 g/mol. The SMILES string of the molecule is CC(OC(=O)CN(C)c1ncccn1)C(=O)N1CCc2sccc2C1. The number of hydrogen-bond acceptors (Lipinski definition) is 7. The van der Waals surface area contributed by atoms with Crippen LogP contribution in [0.25, 0.3) is 0 Å². The molecular formula is C17H20N4O3S. The molecule has 0 bridgehead atoms. The molecule has 1 unspecified atom stereocenters. The first kappa shape index (κ1) is 17.3. The molecule has 2 aromatic rings. The zero-order valence-electron chi connectivity index (χ0n) is 14.2. The number of ether oxygens (including phenoxy) is 1. The summed E-state index contributed by atoms with van der Waals surface area (Å²) in [7, 11) is 1.70. The predicted molar refractivity (Wildman–Crippen MR) is 94.3 cm³/mol. The van der Waals surface area contributed by atoms with Crippen molar-refractivity contribution in [2.45, 2.75) is 26.0 Å². The van der Waals surface area contributed by atoms with Gasteiger partial charge in [-0.05, 0) is 36.4 Å². The van der Waals surface area contributed by atoms with E-state index in [1.165, 1.54) is 10.4 Å². The van der Waals surface area contributed by atoms with Gasteiger partial charge in [0.05, 0.1) is 0 Å². The number of aromatic nitrogens is 2.